The Morgan fingerprint density at radius 2 is 2.00 bits per heavy atom. The van der Waals surface area contributed by atoms with Crippen LogP contribution in [0.25, 0.3) is 0 Å². The average molecular weight is 254 g/mol. The van der Waals surface area contributed by atoms with Crippen molar-refractivity contribution < 1.29 is 9.90 Å². The van der Waals surface area contributed by atoms with Crippen LogP contribution in [-0.4, -0.2) is 41.8 Å². The van der Waals surface area contributed by atoms with Gasteiger partial charge in [-0.3, -0.25) is 0 Å². The summed E-state index contributed by atoms with van der Waals surface area (Å²) in [5, 5.41) is 12.0. The number of nitrogens with one attached hydrogen (secondary N) is 1. The van der Waals surface area contributed by atoms with E-state index in [9.17, 15) is 4.79 Å². The lowest BCUT2D eigenvalue weighted by Gasteiger charge is -2.31. The van der Waals surface area contributed by atoms with Crippen LogP contribution < -0.4 is 5.32 Å². The van der Waals surface area contributed by atoms with E-state index in [4.69, 9.17) is 5.11 Å². The van der Waals surface area contributed by atoms with E-state index < -0.39 is 0 Å². The summed E-state index contributed by atoms with van der Waals surface area (Å²) in [6.07, 6.45) is 6.69. The molecule has 0 heterocycles. The standard InChI is InChI=1S/C14H26N2O2/c1-14(2,3)11-16(9-6-10-17)13(18)15-12-7-4-5-8-12/h4-5,12,17H,6-11H2,1-3H3,(H,15,18). The van der Waals surface area contributed by atoms with Crippen LogP contribution in [0.3, 0.4) is 0 Å². The van der Waals surface area contributed by atoms with Gasteiger partial charge in [-0.25, -0.2) is 4.79 Å². The molecule has 0 saturated heterocycles. The average Bonchev–Trinajstić information content (AvgIpc) is 2.75. The lowest BCUT2D eigenvalue weighted by molar-refractivity contribution is 0.162. The predicted molar refractivity (Wildman–Crippen MR) is 73.4 cm³/mol. The number of hydrogen-bond acceptors (Lipinski definition) is 2. The number of aliphatic hydroxyl groups excluding tert-OH is 1. The minimum Gasteiger partial charge on any atom is -0.396 e. The highest BCUT2D eigenvalue weighted by Crippen LogP contribution is 2.16. The second-order valence-corrected chi connectivity index (χ2v) is 6.15. The van der Waals surface area contributed by atoms with Gasteiger partial charge in [-0.15, -0.1) is 0 Å². The molecule has 104 valence electrons. The van der Waals surface area contributed by atoms with E-state index in [1.54, 1.807) is 0 Å². The summed E-state index contributed by atoms with van der Waals surface area (Å²) in [4.78, 5) is 14.0. The van der Waals surface area contributed by atoms with Crippen LogP contribution >= 0.6 is 0 Å². The normalized spacial score (nSPS) is 16.0. The number of carbonyl (C=O) groups is 1. The number of rotatable bonds is 5. The fraction of sp³-hybridized carbons (Fsp3) is 0.786. The number of aliphatic hydroxyl groups is 1. The van der Waals surface area contributed by atoms with Crippen molar-refractivity contribution >= 4 is 6.03 Å². The zero-order chi connectivity index (χ0) is 13.6. The Balaban J connectivity index is 2.48. The minimum atomic E-state index is -0.00734. The smallest absolute Gasteiger partial charge is 0.317 e. The van der Waals surface area contributed by atoms with Crippen molar-refractivity contribution in [2.45, 2.75) is 46.1 Å². The van der Waals surface area contributed by atoms with Gasteiger partial charge in [-0.1, -0.05) is 32.9 Å². The third kappa shape index (κ3) is 5.54. The highest BCUT2D eigenvalue weighted by Gasteiger charge is 2.22. The second-order valence-electron chi connectivity index (χ2n) is 6.15. The Labute approximate surface area is 110 Å². The van der Waals surface area contributed by atoms with E-state index in [1.807, 2.05) is 4.90 Å². The summed E-state index contributed by atoms with van der Waals surface area (Å²) in [5.74, 6) is 0. The SMILES string of the molecule is CC(C)(C)CN(CCCO)C(=O)NC1CC=CC1. The molecule has 0 saturated carbocycles. The molecule has 18 heavy (non-hydrogen) atoms. The molecular formula is C14H26N2O2. The number of amides is 2. The van der Waals surface area contributed by atoms with Crippen molar-refractivity contribution in [3.63, 3.8) is 0 Å². The van der Waals surface area contributed by atoms with Crippen LogP contribution in [0, 0.1) is 5.41 Å². The molecule has 4 nitrogen and oxygen atoms in total. The topological polar surface area (TPSA) is 52.6 Å². The summed E-state index contributed by atoms with van der Waals surface area (Å²) >= 11 is 0. The zero-order valence-electron chi connectivity index (χ0n) is 11.8. The maximum absolute atomic E-state index is 12.2. The number of hydrogen-bond donors (Lipinski definition) is 2. The Morgan fingerprint density at radius 3 is 2.50 bits per heavy atom. The molecule has 0 atom stereocenters. The Morgan fingerprint density at radius 1 is 1.39 bits per heavy atom. The number of urea groups is 1. The van der Waals surface area contributed by atoms with Crippen molar-refractivity contribution in [1.82, 2.24) is 10.2 Å². The minimum absolute atomic E-state index is 0.00734. The first kappa shape index (κ1) is 15.0. The molecule has 0 unspecified atom stereocenters. The van der Waals surface area contributed by atoms with Gasteiger partial charge in [-0.2, -0.15) is 0 Å². The summed E-state index contributed by atoms with van der Waals surface area (Å²) in [5.41, 5.74) is 0.0702. The third-order valence-electron chi connectivity index (χ3n) is 2.87. The predicted octanol–water partition coefficient (Wildman–Crippen LogP) is 2.15. The monoisotopic (exact) mass is 254 g/mol. The first-order valence-corrected chi connectivity index (χ1v) is 6.73. The summed E-state index contributed by atoms with van der Waals surface area (Å²) in [6.45, 7) is 7.79. The first-order valence-electron chi connectivity index (χ1n) is 6.73. The third-order valence-corrected chi connectivity index (χ3v) is 2.87. The van der Waals surface area contributed by atoms with Gasteiger partial charge >= 0.3 is 6.03 Å². The molecule has 0 bridgehead atoms. The first-order chi connectivity index (χ1) is 8.42. The van der Waals surface area contributed by atoms with Crippen molar-refractivity contribution in [1.29, 1.82) is 0 Å². The lowest BCUT2D eigenvalue weighted by atomic mass is 9.96. The molecular weight excluding hydrogens is 228 g/mol. The van der Waals surface area contributed by atoms with Gasteiger partial charge in [0, 0.05) is 25.7 Å². The molecule has 0 aromatic carbocycles. The Bertz CT molecular complexity index is 287. The van der Waals surface area contributed by atoms with E-state index in [0.29, 0.717) is 19.5 Å². The Kier molecular flexibility index (Phi) is 5.66. The largest absolute Gasteiger partial charge is 0.396 e. The van der Waals surface area contributed by atoms with Crippen LogP contribution in [0.4, 0.5) is 4.79 Å². The number of carbonyl (C=O) groups excluding carboxylic acids is 1. The second kappa shape index (κ2) is 6.78. The van der Waals surface area contributed by atoms with Gasteiger partial charge in [0.2, 0.25) is 0 Å². The fourth-order valence-electron chi connectivity index (χ4n) is 2.09. The molecule has 0 fully saturated rings. The molecule has 4 heteroatoms. The lowest BCUT2D eigenvalue weighted by Crippen LogP contribution is -2.47. The van der Waals surface area contributed by atoms with Crippen molar-refractivity contribution in [2.75, 3.05) is 19.7 Å². The maximum Gasteiger partial charge on any atom is 0.317 e. The molecule has 1 aliphatic carbocycles. The van der Waals surface area contributed by atoms with Crippen LogP contribution in [-0.2, 0) is 0 Å². The van der Waals surface area contributed by atoms with Gasteiger partial charge in [-0.05, 0) is 24.7 Å². The van der Waals surface area contributed by atoms with Crippen molar-refractivity contribution in [2.24, 2.45) is 5.41 Å². The van der Waals surface area contributed by atoms with Gasteiger partial charge in [0.05, 0.1) is 0 Å². The van der Waals surface area contributed by atoms with Crippen LogP contribution in [0.1, 0.15) is 40.0 Å². The molecule has 0 spiro atoms. The van der Waals surface area contributed by atoms with Crippen LogP contribution in [0.5, 0.6) is 0 Å². The summed E-state index contributed by atoms with van der Waals surface area (Å²) < 4.78 is 0. The molecule has 0 aliphatic heterocycles. The summed E-state index contributed by atoms with van der Waals surface area (Å²) in [6, 6.07) is 0.237. The van der Waals surface area contributed by atoms with Gasteiger partial charge in [0.15, 0.2) is 0 Å². The van der Waals surface area contributed by atoms with E-state index in [1.165, 1.54) is 0 Å². The van der Waals surface area contributed by atoms with E-state index in [2.05, 4.69) is 38.2 Å². The molecule has 2 amide bonds. The van der Waals surface area contributed by atoms with E-state index in [-0.39, 0.29) is 24.1 Å². The molecule has 1 rings (SSSR count). The number of nitrogens with zero attached hydrogens (tertiary/aromatic N) is 1. The maximum atomic E-state index is 12.2. The van der Waals surface area contributed by atoms with Crippen molar-refractivity contribution in [3.05, 3.63) is 12.2 Å². The molecule has 1 aliphatic rings. The highest BCUT2D eigenvalue weighted by molar-refractivity contribution is 5.74. The molecule has 0 aromatic heterocycles. The van der Waals surface area contributed by atoms with Gasteiger partial charge in [0.25, 0.3) is 0 Å². The van der Waals surface area contributed by atoms with Crippen LogP contribution in [0.15, 0.2) is 12.2 Å². The van der Waals surface area contributed by atoms with Crippen molar-refractivity contribution in [3.8, 4) is 0 Å². The van der Waals surface area contributed by atoms with Gasteiger partial charge in [0.1, 0.15) is 0 Å². The molecule has 0 aromatic rings. The molecule has 2 N–H and O–H groups in total. The molecule has 0 radical (unpaired) electrons. The zero-order valence-corrected chi connectivity index (χ0v) is 11.8. The quantitative estimate of drug-likeness (QED) is 0.739. The van der Waals surface area contributed by atoms with E-state index >= 15 is 0 Å². The summed E-state index contributed by atoms with van der Waals surface area (Å²) in [7, 11) is 0. The Hall–Kier alpha value is -1.03. The van der Waals surface area contributed by atoms with Gasteiger partial charge < -0.3 is 15.3 Å². The van der Waals surface area contributed by atoms with E-state index in [0.717, 1.165) is 12.8 Å². The fourth-order valence-corrected chi connectivity index (χ4v) is 2.09. The van der Waals surface area contributed by atoms with Crippen LogP contribution in [0.2, 0.25) is 0 Å². The highest BCUT2D eigenvalue weighted by atomic mass is 16.3.